The number of rotatable bonds is 9. The summed E-state index contributed by atoms with van der Waals surface area (Å²) in [6.07, 6.45) is 0.206. The highest BCUT2D eigenvalue weighted by molar-refractivity contribution is 6.58. The van der Waals surface area contributed by atoms with Crippen LogP contribution in [0.4, 0.5) is 27.6 Å². The number of anilines is 1. The maximum atomic E-state index is 15.4. The van der Waals surface area contributed by atoms with Gasteiger partial charge in [0, 0.05) is 62.2 Å². The van der Waals surface area contributed by atoms with Crippen LogP contribution in [0.5, 0.6) is 28.7 Å². The fraction of sp³-hybridized carbons (Fsp3) is 0.333. The van der Waals surface area contributed by atoms with Gasteiger partial charge in [0.05, 0.1) is 52.1 Å². The van der Waals surface area contributed by atoms with Crippen molar-refractivity contribution < 1.29 is 55.6 Å². The molecule has 3 aromatic carbocycles. The number of carbonyl (C=O) groups excluding carboxylic acids is 2. The van der Waals surface area contributed by atoms with E-state index in [2.05, 4.69) is 4.98 Å². The Morgan fingerprint density at radius 1 is 0.806 bits per heavy atom. The van der Waals surface area contributed by atoms with Crippen molar-refractivity contribution in [2.45, 2.75) is 47.6 Å². The molecule has 2 aromatic heterocycles. The molecule has 1 N–H and O–H groups in total. The van der Waals surface area contributed by atoms with E-state index >= 15 is 8.78 Å². The molecule has 4 atom stereocenters. The van der Waals surface area contributed by atoms with Gasteiger partial charge < -0.3 is 28.6 Å². The summed E-state index contributed by atoms with van der Waals surface area (Å²) < 4.78 is 99.7. The number of phenolic OH excluding ortho intramolecular Hbond substituents is 1. The highest BCUT2D eigenvalue weighted by Gasteiger charge is 2.77. The third kappa shape index (κ3) is 5.55. The van der Waals surface area contributed by atoms with E-state index in [4.69, 9.17) is 42.1 Å². The Labute approximate surface area is 354 Å². The van der Waals surface area contributed by atoms with Crippen molar-refractivity contribution in [1.82, 2.24) is 23.5 Å². The van der Waals surface area contributed by atoms with Gasteiger partial charge in [0.1, 0.15) is 28.6 Å². The van der Waals surface area contributed by atoms with Crippen molar-refractivity contribution in [1.29, 1.82) is 0 Å². The molecule has 62 heavy (non-hydrogen) atoms. The number of allylic oxidation sites excluding steroid dienone is 2. The average Bonchev–Trinajstić information content (AvgIpc) is 3.59. The number of hydrogen-bond acceptors (Lipinski definition) is 11. The molecular weight excluding hydrogens is 878 g/mol. The van der Waals surface area contributed by atoms with E-state index in [-0.39, 0.29) is 39.7 Å². The van der Waals surface area contributed by atoms with Crippen molar-refractivity contribution in [3.63, 3.8) is 0 Å². The van der Waals surface area contributed by atoms with Crippen LogP contribution in [0.15, 0.2) is 50.3 Å². The highest BCUT2D eigenvalue weighted by atomic mass is 35.5. The lowest BCUT2D eigenvalue weighted by atomic mass is 9.64. The lowest BCUT2D eigenvalue weighted by Gasteiger charge is -2.49. The van der Waals surface area contributed by atoms with Crippen LogP contribution >= 0.6 is 23.2 Å². The van der Waals surface area contributed by atoms with Crippen LogP contribution in [0.1, 0.15) is 29.6 Å². The van der Waals surface area contributed by atoms with Crippen LogP contribution in [-0.2, 0) is 36.1 Å². The molecule has 326 valence electrons. The maximum Gasteiger partial charge on any atom is 0.347 e. The second-order valence-corrected chi connectivity index (χ2v) is 15.8. The SMILES string of the molecule is COc1cc(O)c([C@H]2C3=CCn4c(=O)n(CCc5nc6cc(OC)c(OC)cc6n(C)c5=O)c(=O)n4[C@@H]3C[C@@]3(Cl)C(=O)N(c4c(F)c(F)c(F)c(F)c4F)C(=O)[C@@]23Cl)c(OC)c1. The quantitative estimate of drug-likeness (QED) is 0.0566. The smallest absolute Gasteiger partial charge is 0.347 e. The maximum absolute atomic E-state index is 15.4. The summed E-state index contributed by atoms with van der Waals surface area (Å²) in [5.74, 6) is -18.3. The largest absolute Gasteiger partial charge is 0.507 e. The predicted octanol–water partition coefficient (Wildman–Crippen LogP) is 3.93. The van der Waals surface area contributed by atoms with Gasteiger partial charge in [0.15, 0.2) is 44.5 Å². The number of phenols is 1. The monoisotopic (exact) mass is 908 g/mol. The summed E-state index contributed by atoms with van der Waals surface area (Å²) in [5, 5.41) is 11.5. The fourth-order valence-corrected chi connectivity index (χ4v) is 9.54. The standard InChI is InChI=1S/C39H31Cl2F5N6O10/c1-48-19-13-23(61-4)22(60-3)12-18(19)47-17(33(48)54)7-8-49-36(57)50-9-6-16-20(52(50)37(49)58)14-38(40)34(55)51(32-30(45)28(43)27(42)29(44)31(32)46)35(56)39(38,41)26(16)25-21(53)10-15(59-2)11-24(25)62-5/h6,10-13,20,26,53H,7-9,14H2,1-5H3/t20-,26-,38-,39+/m1/s1. The first kappa shape index (κ1) is 42.3. The van der Waals surface area contributed by atoms with Crippen molar-refractivity contribution in [3.8, 4) is 28.7 Å². The Balaban J connectivity index is 1.29. The number of hydrogen-bond donors (Lipinski definition) is 1. The molecule has 0 unspecified atom stereocenters. The van der Waals surface area contributed by atoms with Gasteiger partial charge in [0.2, 0.25) is 5.82 Å². The molecule has 0 bridgehead atoms. The summed E-state index contributed by atoms with van der Waals surface area (Å²) in [6.45, 7) is -0.826. The van der Waals surface area contributed by atoms with Crippen molar-refractivity contribution in [3.05, 3.63) is 108 Å². The zero-order chi connectivity index (χ0) is 45.1. The molecule has 5 aromatic rings. The Kier molecular flexibility index (Phi) is 10.0. The molecule has 16 nitrogen and oxygen atoms in total. The van der Waals surface area contributed by atoms with Gasteiger partial charge in [-0.25, -0.2) is 55.4 Å². The summed E-state index contributed by atoms with van der Waals surface area (Å²) >= 11 is 14.4. The van der Waals surface area contributed by atoms with Crippen molar-refractivity contribution >= 4 is 51.7 Å². The number of imide groups is 1. The Morgan fingerprint density at radius 3 is 2.03 bits per heavy atom. The van der Waals surface area contributed by atoms with E-state index in [9.17, 15) is 42.3 Å². The molecule has 4 heterocycles. The van der Waals surface area contributed by atoms with Crippen LogP contribution in [0.3, 0.4) is 0 Å². The van der Waals surface area contributed by atoms with Gasteiger partial charge in [-0.1, -0.05) is 6.08 Å². The molecule has 1 aliphatic carbocycles. The number of alkyl halides is 2. The first-order valence-electron chi connectivity index (χ1n) is 18.3. The molecule has 1 saturated carbocycles. The molecule has 8 rings (SSSR count). The number of benzene rings is 3. The second-order valence-electron chi connectivity index (χ2n) is 14.5. The number of aromatic hydroxyl groups is 1. The highest BCUT2D eigenvalue weighted by Crippen LogP contribution is 2.66. The second kappa shape index (κ2) is 14.6. The molecule has 2 amide bonds. The number of carbonyl (C=O) groups is 2. The number of fused-ring (bicyclic) bond motifs is 5. The minimum absolute atomic E-state index is 0.0161. The molecule has 2 fully saturated rings. The van der Waals surface area contributed by atoms with Crippen LogP contribution < -0.4 is 40.8 Å². The van der Waals surface area contributed by atoms with Crippen LogP contribution in [0, 0.1) is 29.1 Å². The first-order chi connectivity index (χ1) is 29.3. The number of aryl methyl sites for hydroxylation is 2. The third-order valence-corrected chi connectivity index (χ3v) is 13.0. The minimum atomic E-state index is -2.96. The summed E-state index contributed by atoms with van der Waals surface area (Å²) in [6, 6.07) is 3.89. The van der Waals surface area contributed by atoms with Gasteiger partial charge in [-0.2, -0.15) is 0 Å². The number of halogens is 7. The van der Waals surface area contributed by atoms with Crippen LogP contribution in [0.25, 0.3) is 11.0 Å². The normalized spacial score (nSPS) is 21.7. The van der Waals surface area contributed by atoms with Gasteiger partial charge >= 0.3 is 11.4 Å². The van der Waals surface area contributed by atoms with E-state index < -0.39 is 110 Å². The topological polar surface area (TPSA) is 178 Å². The van der Waals surface area contributed by atoms with Crippen LogP contribution in [0.2, 0.25) is 0 Å². The molecule has 0 radical (unpaired) electrons. The fourth-order valence-electron chi connectivity index (χ4n) is 8.64. The Hall–Kier alpha value is -6.35. The van der Waals surface area contributed by atoms with E-state index in [1.807, 2.05) is 0 Å². The van der Waals surface area contributed by atoms with E-state index in [0.717, 1.165) is 27.1 Å². The summed E-state index contributed by atoms with van der Waals surface area (Å²) in [5.41, 5.74) is -4.17. The number of amides is 2. The van der Waals surface area contributed by atoms with Crippen molar-refractivity contribution in [2.75, 3.05) is 33.3 Å². The van der Waals surface area contributed by atoms with Gasteiger partial charge in [-0.05, 0) is 5.57 Å². The van der Waals surface area contributed by atoms with Crippen LogP contribution in [-0.4, -0.2) is 78.6 Å². The lowest BCUT2D eigenvalue weighted by molar-refractivity contribution is -0.122. The van der Waals surface area contributed by atoms with Gasteiger partial charge in [-0.15, -0.1) is 23.2 Å². The number of aromatic nitrogens is 5. The van der Waals surface area contributed by atoms with E-state index in [1.165, 1.54) is 45.1 Å². The Morgan fingerprint density at radius 2 is 1.42 bits per heavy atom. The average molecular weight is 910 g/mol. The Bertz CT molecular complexity index is 3010. The third-order valence-electron chi connectivity index (χ3n) is 11.6. The summed E-state index contributed by atoms with van der Waals surface area (Å²) in [4.78, 5) is 69.3. The molecule has 2 aliphatic heterocycles. The van der Waals surface area contributed by atoms with E-state index in [1.54, 1.807) is 12.1 Å². The number of nitrogens with zero attached hydrogens (tertiary/aromatic N) is 6. The van der Waals surface area contributed by atoms with E-state index in [0.29, 0.717) is 22.5 Å². The zero-order valence-electron chi connectivity index (χ0n) is 32.8. The number of ether oxygens (including phenoxy) is 4. The molecular formula is C39H31Cl2F5N6O10. The zero-order valence-corrected chi connectivity index (χ0v) is 34.3. The predicted molar refractivity (Wildman–Crippen MR) is 208 cm³/mol. The lowest BCUT2D eigenvalue weighted by Crippen LogP contribution is -2.59. The molecule has 1 saturated heterocycles. The van der Waals surface area contributed by atoms with Gasteiger partial charge in [-0.3, -0.25) is 14.4 Å². The minimum Gasteiger partial charge on any atom is -0.507 e. The number of methoxy groups -OCH3 is 4. The summed E-state index contributed by atoms with van der Waals surface area (Å²) in [7, 11) is 6.72. The van der Waals surface area contributed by atoms with Crippen molar-refractivity contribution in [2.24, 2.45) is 7.05 Å². The molecule has 23 heteroatoms. The molecule has 3 aliphatic rings. The van der Waals surface area contributed by atoms with Gasteiger partial charge in [0.25, 0.3) is 17.4 Å². The molecule has 0 spiro atoms. The first-order valence-corrected chi connectivity index (χ1v) is 19.0.